The number of aryl methyl sites for hydroxylation is 3. The van der Waals surface area contributed by atoms with E-state index < -0.39 is 17.7 Å². The Bertz CT molecular complexity index is 1030. The van der Waals surface area contributed by atoms with E-state index in [0.717, 1.165) is 17.3 Å². The van der Waals surface area contributed by atoms with Gasteiger partial charge in [-0.25, -0.2) is 4.79 Å². The van der Waals surface area contributed by atoms with Crippen LogP contribution in [0.2, 0.25) is 0 Å². The third-order valence-corrected chi connectivity index (χ3v) is 4.77. The maximum Gasteiger partial charge on any atom is 0.417 e. The highest BCUT2D eigenvalue weighted by molar-refractivity contribution is 6.09. The molecule has 0 spiro atoms. The lowest BCUT2D eigenvalue weighted by molar-refractivity contribution is -0.137. The van der Waals surface area contributed by atoms with Gasteiger partial charge in [-0.1, -0.05) is 18.2 Å². The molecule has 3 aromatic rings. The first-order valence-corrected chi connectivity index (χ1v) is 8.60. The molecule has 2 aromatic carbocycles. The third kappa shape index (κ3) is 3.20. The fraction of sp³-hybridized carbons (Fsp3) is 0.286. The van der Waals surface area contributed by atoms with Crippen LogP contribution in [-0.2, 0) is 18.0 Å². The molecule has 0 bridgehead atoms. The van der Waals surface area contributed by atoms with Crippen molar-refractivity contribution in [2.75, 3.05) is 6.61 Å². The minimum Gasteiger partial charge on any atom is -0.462 e. The van der Waals surface area contributed by atoms with Crippen LogP contribution in [0.4, 0.5) is 13.2 Å². The number of aromatic nitrogens is 1. The van der Waals surface area contributed by atoms with E-state index in [1.54, 1.807) is 26.0 Å². The number of carbonyl (C=O) groups excluding carboxylic acids is 1. The average molecular weight is 375 g/mol. The molecule has 0 unspecified atom stereocenters. The Balaban J connectivity index is 2.49. The summed E-state index contributed by atoms with van der Waals surface area (Å²) in [6.07, 6.45) is -4.54. The molecule has 0 atom stereocenters. The molecule has 1 heterocycles. The Morgan fingerprint density at radius 3 is 2.44 bits per heavy atom. The Hall–Kier alpha value is -2.76. The van der Waals surface area contributed by atoms with E-state index in [0.29, 0.717) is 10.9 Å². The molecule has 0 aliphatic rings. The van der Waals surface area contributed by atoms with Crippen LogP contribution in [0, 0.1) is 13.8 Å². The summed E-state index contributed by atoms with van der Waals surface area (Å²) in [5.74, 6) is -0.620. The Morgan fingerprint density at radius 2 is 1.81 bits per heavy atom. The second-order valence-corrected chi connectivity index (χ2v) is 6.48. The van der Waals surface area contributed by atoms with Gasteiger partial charge in [0.25, 0.3) is 0 Å². The van der Waals surface area contributed by atoms with Crippen molar-refractivity contribution in [2.45, 2.75) is 26.9 Å². The zero-order valence-electron chi connectivity index (χ0n) is 15.6. The molecule has 6 heteroatoms. The smallest absolute Gasteiger partial charge is 0.417 e. The van der Waals surface area contributed by atoms with Crippen LogP contribution >= 0.6 is 0 Å². The number of fused-ring (bicyclic) bond motifs is 1. The van der Waals surface area contributed by atoms with Gasteiger partial charge in [-0.2, -0.15) is 13.2 Å². The van der Waals surface area contributed by atoms with Gasteiger partial charge in [-0.15, -0.1) is 0 Å². The van der Waals surface area contributed by atoms with Crippen LogP contribution < -0.4 is 0 Å². The fourth-order valence-electron chi connectivity index (χ4n) is 3.43. The number of benzene rings is 2. The van der Waals surface area contributed by atoms with E-state index in [-0.39, 0.29) is 23.3 Å². The molecular weight excluding hydrogens is 355 g/mol. The van der Waals surface area contributed by atoms with Gasteiger partial charge in [0.15, 0.2) is 0 Å². The fourth-order valence-corrected chi connectivity index (χ4v) is 3.43. The summed E-state index contributed by atoms with van der Waals surface area (Å²) >= 11 is 0. The summed E-state index contributed by atoms with van der Waals surface area (Å²) in [6, 6.07) is 8.95. The van der Waals surface area contributed by atoms with E-state index in [4.69, 9.17) is 4.74 Å². The third-order valence-electron chi connectivity index (χ3n) is 4.77. The largest absolute Gasteiger partial charge is 0.462 e. The monoisotopic (exact) mass is 375 g/mol. The molecule has 0 saturated carbocycles. The molecule has 3 nitrogen and oxygen atoms in total. The predicted molar refractivity (Wildman–Crippen MR) is 98.8 cm³/mol. The summed E-state index contributed by atoms with van der Waals surface area (Å²) < 4.78 is 48.1. The zero-order chi connectivity index (χ0) is 19.9. The van der Waals surface area contributed by atoms with Crippen LogP contribution in [0.5, 0.6) is 0 Å². The molecular formula is C21H20F3NO2. The Kier molecular flexibility index (Phi) is 4.76. The minimum atomic E-state index is -4.54. The first-order valence-electron chi connectivity index (χ1n) is 8.60. The topological polar surface area (TPSA) is 31.2 Å². The van der Waals surface area contributed by atoms with E-state index in [1.807, 2.05) is 24.6 Å². The summed E-state index contributed by atoms with van der Waals surface area (Å²) in [7, 11) is 1.85. The molecule has 0 N–H and O–H groups in total. The van der Waals surface area contributed by atoms with Crippen LogP contribution in [0.25, 0.3) is 22.0 Å². The lowest BCUT2D eigenvalue weighted by Gasteiger charge is -2.18. The van der Waals surface area contributed by atoms with E-state index in [2.05, 4.69) is 0 Å². The number of ether oxygens (including phenoxy) is 1. The molecule has 0 fully saturated rings. The molecule has 1 aromatic heterocycles. The molecule has 0 aliphatic carbocycles. The van der Waals surface area contributed by atoms with Gasteiger partial charge in [-0.05, 0) is 50.1 Å². The minimum absolute atomic E-state index is 0.0210. The number of esters is 1. The Morgan fingerprint density at radius 1 is 1.15 bits per heavy atom. The SMILES string of the molecule is CCOC(=O)c1c(C)cc2c(cc(C)n2C)c1-c1ccccc1C(F)(F)F. The number of nitrogens with zero attached hydrogens (tertiary/aromatic N) is 1. The van der Waals surface area contributed by atoms with Gasteiger partial charge in [0.2, 0.25) is 0 Å². The van der Waals surface area contributed by atoms with Crippen LogP contribution in [0.1, 0.15) is 34.1 Å². The standard InChI is InChI=1S/C21H20F3NO2/c1-5-27-20(26)18-12(2)10-17-15(11-13(3)25(17)4)19(18)14-8-6-7-9-16(14)21(22,23)24/h6-11H,5H2,1-4H3. The van der Waals surface area contributed by atoms with Crippen molar-refractivity contribution < 1.29 is 22.7 Å². The van der Waals surface area contributed by atoms with Crippen molar-refractivity contribution >= 4 is 16.9 Å². The summed E-state index contributed by atoms with van der Waals surface area (Å²) in [6.45, 7) is 5.40. The number of rotatable bonds is 3. The van der Waals surface area contributed by atoms with Crippen LogP contribution in [0.15, 0.2) is 36.4 Å². The van der Waals surface area contributed by atoms with Crippen LogP contribution in [-0.4, -0.2) is 17.1 Å². The highest BCUT2D eigenvalue weighted by Crippen LogP contribution is 2.42. The lowest BCUT2D eigenvalue weighted by Crippen LogP contribution is -2.12. The van der Waals surface area contributed by atoms with Gasteiger partial charge in [0, 0.05) is 29.2 Å². The number of halogens is 3. The molecule has 3 rings (SSSR count). The van der Waals surface area contributed by atoms with Gasteiger partial charge in [-0.3, -0.25) is 0 Å². The maximum absolute atomic E-state index is 13.7. The molecule has 0 amide bonds. The Labute approximate surface area is 155 Å². The predicted octanol–water partition coefficient (Wildman–Crippen LogP) is 5.66. The van der Waals surface area contributed by atoms with Crippen molar-refractivity contribution in [1.29, 1.82) is 0 Å². The first kappa shape index (κ1) is 19.0. The van der Waals surface area contributed by atoms with Gasteiger partial charge in [0.1, 0.15) is 0 Å². The molecule has 0 aliphatic heterocycles. The summed E-state index contributed by atoms with van der Waals surface area (Å²) in [5, 5.41) is 0.598. The number of hydrogen-bond donors (Lipinski definition) is 0. The first-order chi connectivity index (χ1) is 12.7. The normalized spacial score (nSPS) is 11.8. The molecule has 0 radical (unpaired) electrons. The van der Waals surface area contributed by atoms with Gasteiger partial charge in [0.05, 0.1) is 17.7 Å². The molecule has 27 heavy (non-hydrogen) atoms. The molecule has 142 valence electrons. The van der Waals surface area contributed by atoms with Crippen molar-refractivity contribution in [1.82, 2.24) is 4.57 Å². The average Bonchev–Trinajstić information content (AvgIpc) is 2.88. The van der Waals surface area contributed by atoms with Crippen LogP contribution in [0.3, 0.4) is 0 Å². The van der Waals surface area contributed by atoms with E-state index >= 15 is 0 Å². The highest BCUT2D eigenvalue weighted by atomic mass is 19.4. The quantitative estimate of drug-likeness (QED) is 0.553. The number of carbonyl (C=O) groups is 1. The van der Waals surface area contributed by atoms with Crippen molar-refractivity contribution in [3.63, 3.8) is 0 Å². The van der Waals surface area contributed by atoms with E-state index in [9.17, 15) is 18.0 Å². The van der Waals surface area contributed by atoms with Gasteiger partial charge >= 0.3 is 12.1 Å². The van der Waals surface area contributed by atoms with Crippen molar-refractivity contribution in [2.24, 2.45) is 7.05 Å². The summed E-state index contributed by atoms with van der Waals surface area (Å²) in [5.41, 5.74) is 1.87. The zero-order valence-corrected chi connectivity index (χ0v) is 15.6. The maximum atomic E-state index is 13.7. The number of hydrogen-bond acceptors (Lipinski definition) is 2. The second-order valence-electron chi connectivity index (χ2n) is 6.48. The van der Waals surface area contributed by atoms with Crippen molar-refractivity contribution in [3.8, 4) is 11.1 Å². The highest BCUT2D eigenvalue weighted by Gasteiger charge is 2.35. The number of alkyl halides is 3. The lowest BCUT2D eigenvalue weighted by atomic mass is 9.89. The summed E-state index contributed by atoms with van der Waals surface area (Å²) in [4.78, 5) is 12.6. The van der Waals surface area contributed by atoms with E-state index in [1.165, 1.54) is 12.1 Å². The molecule has 0 saturated heterocycles. The second kappa shape index (κ2) is 6.76. The van der Waals surface area contributed by atoms with Gasteiger partial charge < -0.3 is 9.30 Å². The van der Waals surface area contributed by atoms with Crippen molar-refractivity contribution in [3.05, 3.63) is 58.8 Å².